The van der Waals surface area contributed by atoms with E-state index in [1.54, 1.807) is 0 Å². The lowest BCUT2D eigenvalue weighted by molar-refractivity contribution is -0.120. The number of hydrogen-bond acceptors (Lipinski definition) is 3. The van der Waals surface area contributed by atoms with Crippen molar-refractivity contribution in [3.05, 3.63) is 35.4 Å². The fourth-order valence-corrected chi connectivity index (χ4v) is 2.66. The van der Waals surface area contributed by atoms with Crippen LogP contribution in [0.5, 0.6) is 0 Å². The lowest BCUT2D eigenvalue weighted by atomic mass is 10.0. The van der Waals surface area contributed by atoms with E-state index in [2.05, 4.69) is 5.32 Å². The maximum absolute atomic E-state index is 11.9. The van der Waals surface area contributed by atoms with Gasteiger partial charge in [-0.25, -0.2) is 0 Å². The molecule has 0 aliphatic heterocycles. The number of hydrogen-bond donors (Lipinski definition) is 3. The highest BCUT2D eigenvalue weighted by atomic mass is 16.3. The number of nitrogens with two attached hydrogens (primary N) is 1. The quantitative estimate of drug-likeness (QED) is 0.740. The topological polar surface area (TPSA) is 75.4 Å². The van der Waals surface area contributed by atoms with Crippen LogP contribution in [0.2, 0.25) is 0 Å². The van der Waals surface area contributed by atoms with Crippen molar-refractivity contribution in [3.63, 3.8) is 0 Å². The molecule has 1 aliphatic rings. The Morgan fingerprint density at radius 1 is 1.32 bits per heavy atom. The van der Waals surface area contributed by atoms with Crippen molar-refractivity contribution in [2.75, 3.05) is 6.54 Å². The van der Waals surface area contributed by atoms with Crippen molar-refractivity contribution in [2.45, 2.75) is 38.3 Å². The minimum absolute atomic E-state index is 0. The molecule has 0 heterocycles. The molecule has 2 atom stereocenters. The predicted molar refractivity (Wildman–Crippen MR) is 74.4 cm³/mol. The van der Waals surface area contributed by atoms with Crippen LogP contribution < -0.4 is 11.1 Å². The first-order valence-electron chi connectivity index (χ1n) is 6.92. The Morgan fingerprint density at radius 2 is 2.05 bits per heavy atom. The second kappa shape index (κ2) is 6.68. The molecule has 2 rings (SSSR count). The standard InChI is InChI=1S/C15H22N2O2/c16-9-12-5-2-1-4-11(12)8-15(19)17-10-13-6-3-7-14(13)18/h1-2,4-5,13-14,18H,3,6-10,16H2,(H,17,19). The summed E-state index contributed by atoms with van der Waals surface area (Å²) in [5, 5.41) is 12.6. The number of aliphatic hydroxyl groups excluding tert-OH is 1. The molecule has 0 spiro atoms. The van der Waals surface area contributed by atoms with E-state index in [1.165, 1.54) is 0 Å². The summed E-state index contributed by atoms with van der Waals surface area (Å²) in [7, 11) is 0. The van der Waals surface area contributed by atoms with Gasteiger partial charge in [0.15, 0.2) is 0 Å². The summed E-state index contributed by atoms with van der Waals surface area (Å²) >= 11 is 0. The molecule has 0 saturated heterocycles. The van der Waals surface area contributed by atoms with E-state index in [0.717, 1.165) is 30.4 Å². The smallest absolute Gasteiger partial charge is 0.224 e. The highest BCUT2D eigenvalue weighted by Crippen LogP contribution is 2.24. The molecule has 1 saturated carbocycles. The second-order valence-electron chi connectivity index (χ2n) is 5.21. The number of nitrogens with one attached hydrogen (secondary N) is 1. The lowest BCUT2D eigenvalue weighted by Crippen LogP contribution is -2.33. The van der Waals surface area contributed by atoms with Crippen molar-refractivity contribution < 1.29 is 9.90 Å². The Kier molecular flexibility index (Phi) is 4.93. The molecule has 104 valence electrons. The molecule has 1 fully saturated rings. The zero-order valence-corrected chi connectivity index (χ0v) is 11.1. The third kappa shape index (κ3) is 3.78. The Labute approximate surface area is 114 Å². The fraction of sp³-hybridized carbons (Fsp3) is 0.533. The van der Waals surface area contributed by atoms with E-state index < -0.39 is 0 Å². The van der Waals surface area contributed by atoms with Crippen molar-refractivity contribution in [1.82, 2.24) is 5.32 Å². The van der Waals surface area contributed by atoms with Gasteiger partial charge in [-0.1, -0.05) is 30.7 Å². The van der Waals surface area contributed by atoms with Gasteiger partial charge in [0.05, 0.1) is 12.5 Å². The third-order valence-corrected chi connectivity index (χ3v) is 3.87. The van der Waals surface area contributed by atoms with E-state index in [-0.39, 0.29) is 17.9 Å². The average Bonchev–Trinajstić information content (AvgIpc) is 2.82. The summed E-state index contributed by atoms with van der Waals surface area (Å²) in [5.41, 5.74) is 7.65. The molecule has 1 aromatic carbocycles. The van der Waals surface area contributed by atoms with Gasteiger partial charge in [0.2, 0.25) is 5.91 Å². The molecule has 1 amide bonds. The van der Waals surface area contributed by atoms with E-state index in [1.807, 2.05) is 24.3 Å². The summed E-state index contributed by atoms with van der Waals surface area (Å²) in [6, 6.07) is 7.73. The molecule has 1 aliphatic carbocycles. The Morgan fingerprint density at radius 3 is 2.68 bits per heavy atom. The van der Waals surface area contributed by atoms with Crippen LogP contribution in [-0.4, -0.2) is 23.7 Å². The first-order chi connectivity index (χ1) is 9.20. The summed E-state index contributed by atoms with van der Waals surface area (Å²) in [6.07, 6.45) is 3.02. The van der Waals surface area contributed by atoms with E-state index in [9.17, 15) is 9.90 Å². The van der Waals surface area contributed by atoms with Crippen LogP contribution in [0.15, 0.2) is 24.3 Å². The van der Waals surface area contributed by atoms with Gasteiger partial charge >= 0.3 is 0 Å². The number of benzene rings is 1. The Bertz CT molecular complexity index is 434. The molecule has 0 bridgehead atoms. The second-order valence-corrected chi connectivity index (χ2v) is 5.21. The molecular formula is C15H22N2O2. The SMILES string of the molecule is NCc1ccccc1CC(=O)NCC1CCCC1O. The normalized spacial score (nSPS) is 22.4. The van der Waals surface area contributed by atoms with Crippen LogP contribution in [0.1, 0.15) is 30.4 Å². The molecule has 0 radical (unpaired) electrons. The molecule has 4 heteroatoms. The van der Waals surface area contributed by atoms with Crippen LogP contribution in [0.25, 0.3) is 0 Å². The van der Waals surface area contributed by atoms with E-state index in [0.29, 0.717) is 19.5 Å². The van der Waals surface area contributed by atoms with Crippen LogP contribution in [0.4, 0.5) is 0 Å². The van der Waals surface area contributed by atoms with Crippen LogP contribution in [-0.2, 0) is 17.8 Å². The number of aliphatic hydroxyl groups is 1. The maximum Gasteiger partial charge on any atom is 0.224 e. The number of carbonyl (C=O) groups is 1. The average molecular weight is 262 g/mol. The summed E-state index contributed by atoms with van der Waals surface area (Å²) < 4.78 is 0. The van der Waals surface area contributed by atoms with E-state index >= 15 is 0 Å². The Hall–Kier alpha value is -1.39. The molecule has 19 heavy (non-hydrogen) atoms. The molecule has 4 nitrogen and oxygen atoms in total. The predicted octanol–water partition coefficient (Wildman–Crippen LogP) is 0.965. The van der Waals surface area contributed by atoms with Gasteiger partial charge < -0.3 is 16.2 Å². The van der Waals surface area contributed by atoms with Crippen molar-refractivity contribution >= 4 is 5.91 Å². The zero-order chi connectivity index (χ0) is 13.7. The van der Waals surface area contributed by atoms with Crippen LogP contribution >= 0.6 is 0 Å². The van der Waals surface area contributed by atoms with Gasteiger partial charge in [-0.05, 0) is 24.0 Å². The molecule has 4 N–H and O–H groups in total. The zero-order valence-electron chi connectivity index (χ0n) is 11.1. The molecular weight excluding hydrogens is 240 g/mol. The molecule has 1 aromatic rings. The van der Waals surface area contributed by atoms with Gasteiger partial charge in [-0.15, -0.1) is 0 Å². The fourth-order valence-electron chi connectivity index (χ4n) is 2.66. The lowest BCUT2D eigenvalue weighted by Gasteiger charge is -2.15. The first-order valence-corrected chi connectivity index (χ1v) is 6.92. The van der Waals surface area contributed by atoms with Gasteiger partial charge in [0.1, 0.15) is 0 Å². The van der Waals surface area contributed by atoms with Crippen LogP contribution in [0, 0.1) is 5.92 Å². The van der Waals surface area contributed by atoms with Crippen molar-refractivity contribution in [2.24, 2.45) is 11.7 Å². The number of rotatable bonds is 5. The minimum Gasteiger partial charge on any atom is -0.393 e. The van der Waals surface area contributed by atoms with Crippen LogP contribution in [0.3, 0.4) is 0 Å². The number of carbonyl (C=O) groups excluding carboxylic acids is 1. The first kappa shape index (κ1) is 14.0. The largest absolute Gasteiger partial charge is 0.393 e. The summed E-state index contributed by atoms with van der Waals surface area (Å²) in [6.45, 7) is 1.02. The van der Waals surface area contributed by atoms with Crippen molar-refractivity contribution in [1.29, 1.82) is 0 Å². The molecule has 2 unspecified atom stereocenters. The van der Waals surface area contributed by atoms with Gasteiger partial charge in [0, 0.05) is 19.0 Å². The highest BCUT2D eigenvalue weighted by Gasteiger charge is 2.25. The maximum atomic E-state index is 11.9. The van der Waals surface area contributed by atoms with Gasteiger partial charge in [0.25, 0.3) is 0 Å². The van der Waals surface area contributed by atoms with Gasteiger partial charge in [-0.3, -0.25) is 4.79 Å². The Balaban J connectivity index is 1.84. The third-order valence-electron chi connectivity index (χ3n) is 3.87. The minimum atomic E-state index is -0.253. The monoisotopic (exact) mass is 262 g/mol. The summed E-state index contributed by atoms with van der Waals surface area (Å²) in [4.78, 5) is 11.9. The highest BCUT2D eigenvalue weighted by molar-refractivity contribution is 5.78. The van der Waals surface area contributed by atoms with Crippen molar-refractivity contribution in [3.8, 4) is 0 Å². The number of amides is 1. The molecule has 0 aromatic heterocycles. The van der Waals surface area contributed by atoms with Gasteiger partial charge in [-0.2, -0.15) is 0 Å². The summed E-state index contributed by atoms with van der Waals surface area (Å²) in [5.74, 6) is 0.216. The van der Waals surface area contributed by atoms with E-state index in [4.69, 9.17) is 5.73 Å².